The second-order valence-electron chi connectivity index (χ2n) is 3.22. The van der Waals surface area contributed by atoms with Gasteiger partial charge in [-0.25, -0.2) is 0 Å². The molecule has 0 amide bonds. The lowest BCUT2D eigenvalue weighted by Crippen LogP contribution is -2.25. The Morgan fingerprint density at radius 2 is 2.00 bits per heavy atom. The molecule has 0 aromatic heterocycles. The van der Waals surface area contributed by atoms with Crippen molar-refractivity contribution in [2.75, 3.05) is 11.9 Å². The first kappa shape index (κ1) is 8.91. The highest BCUT2D eigenvalue weighted by Gasteiger charge is 2.03. The molecule has 0 saturated carbocycles. The lowest BCUT2D eigenvalue weighted by molar-refractivity contribution is 0.475. The van der Waals surface area contributed by atoms with Crippen molar-refractivity contribution in [3.63, 3.8) is 0 Å². The lowest BCUT2D eigenvalue weighted by Gasteiger charge is -2.23. The fraction of sp³-hybridized carbons (Fsp3) is 0.400. The van der Waals surface area contributed by atoms with E-state index in [2.05, 4.69) is 18.7 Å². The molecule has 1 aromatic carbocycles. The van der Waals surface area contributed by atoms with Crippen molar-refractivity contribution in [3.8, 4) is 5.75 Å². The maximum Gasteiger partial charge on any atom is 0.117 e. The smallest absolute Gasteiger partial charge is 0.117 e. The van der Waals surface area contributed by atoms with Gasteiger partial charge in [-0.1, -0.05) is 6.07 Å². The van der Waals surface area contributed by atoms with Crippen molar-refractivity contribution >= 4 is 5.69 Å². The number of aromatic hydroxyl groups is 1. The normalized spacial score (nSPS) is 10.3. The molecule has 12 heavy (non-hydrogen) atoms. The summed E-state index contributed by atoms with van der Waals surface area (Å²) in [6.07, 6.45) is 0. The summed E-state index contributed by atoms with van der Waals surface area (Å²) in [6, 6.07) is 7.73. The van der Waals surface area contributed by atoms with Crippen LogP contribution in [0.25, 0.3) is 0 Å². The minimum atomic E-state index is 0.319. The molecule has 2 nitrogen and oxygen atoms in total. The van der Waals surface area contributed by atoms with E-state index in [-0.39, 0.29) is 0 Å². The Morgan fingerprint density at radius 3 is 2.50 bits per heavy atom. The van der Waals surface area contributed by atoms with E-state index < -0.39 is 0 Å². The zero-order valence-corrected chi connectivity index (χ0v) is 7.78. The molecule has 0 fully saturated rings. The van der Waals surface area contributed by atoms with Gasteiger partial charge in [-0.15, -0.1) is 0 Å². The topological polar surface area (TPSA) is 23.5 Å². The van der Waals surface area contributed by atoms with E-state index in [9.17, 15) is 5.11 Å². The lowest BCUT2D eigenvalue weighted by atomic mass is 10.2. The van der Waals surface area contributed by atoms with Crippen molar-refractivity contribution < 1.29 is 5.11 Å². The van der Waals surface area contributed by atoms with E-state index in [0.717, 1.165) is 5.69 Å². The van der Waals surface area contributed by atoms with Crippen LogP contribution >= 0.6 is 0 Å². The minimum absolute atomic E-state index is 0.319. The summed E-state index contributed by atoms with van der Waals surface area (Å²) in [6.45, 7) is 4.23. The second-order valence-corrected chi connectivity index (χ2v) is 3.22. The Hall–Kier alpha value is -1.18. The van der Waals surface area contributed by atoms with Gasteiger partial charge in [0, 0.05) is 24.8 Å². The zero-order chi connectivity index (χ0) is 9.14. The summed E-state index contributed by atoms with van der Waals surface area (Å²) < 4.78 is 0. The van der Waals surface area contributed by atoms with Crippen LogP contribution in [0.1, 0.15) is 13.8 Å². The van der Waals surface area contributed by atoms with Crippen LogP contribution in [-0.4, -0.2) is 18.2 Å². The third kappa shape index (κ3) is 1.91. The molecular formula is C10H15NO. The summed E-state index contributed by atoms with van der Waals surface area (Å²) in [5.74, 6) is 0.319. The van der Waals surface area contributed by atoms with Crippen molar-refractivity contribution in [3.05, 3.63) is 24.3 Å². The maximum absolute atomic E-state index is 9.22. The van der Waals surface area contributed by atoms with Crippen molar-refractivity contribution in [1.29, 1.82) is 0 Å². The van der Waals surface area contributed by atoms with Crippen LogP contribution in [0.2, 0.25) is 0 Å². The molecular weight excluding hydrogens is 150 g/mol. The predicted octanol–water partition coefficient (Wildman–Crippen LogP) is 2.24. The number of anilines is 1. The van der Waals surface area contributed by atoms with Crippen LogP contribution in [0.5, 0.6) is 5.75 Å². The molecule has 0 radical (unpaired) electrons. The van der Waals surface area contributed by atoms with Crippen LogP contribution in [0.4, 0.5) is 5.69 Å². The predicted molar refractivity (Wildman–Crippen MR) is 51.6 cm³/mol. The standard InChI is InChI=1S/C10H15NO/c1-8(2)11(3)9-5-4-6-10(12)7-9/h4-8,12H,1-3H3. The molecule has 1 N–H and O–H groups in total. The van der Waals surface area contributed by atoms with Crippen LogP contribution in [0, 0.1) is 0 Å². The Balaban J connectivity index is 2.88. The second kappa shape index (κ2) is 3.48. The zero-order valence-electron chi connectivity index (χ0n) is 7.78. The van der Waals surface area contributed by atoms with E-state index >= 15 is 0 Å². The molecule has 1 aromatic rings. The Kier molecular flexibility index (Phi) is 2.58. The number of phenolic OH excluding ortho intramolecular Hbond substituents is 1. The number of hydrogen-bond acceptors (Lipinski definition) is 2. The molecule has 66 valence electrons. The highest BCUT2D eigenvalue weighted by molar-refractivity contribution is 5.50. The fourth-order valence-electron chi connectivity index (χ4n) is 1.01. The Labute approximate surface area is 73.4 Å². The van der Waals surface area contributed by atoms with Crippen molar-refractivity contribution in [1.82, 2.24) is 0 Å². The summed E-state index contributed by atoms with van der Waals surface area (Å²) >= 11 is 0. The van der Waals surface area contributed by atoms with Crippen LogP contribution in [0.15, 0.2) is 24.3 Å². The van der Waals surface area contributed by atoms with E-state index in [1.807, 2.05) is 19.2 Å². The van der Waals surface area contributed by atoms with E-state index in [4.69, 9.17) is 0 Å². The molecule has 0 atom stereocenters. The van der Waals surface area contributed by atoms with Gasteiger partial charge in [0.15, 0.2) is 0 Å². The SMILES string of the molecule is CC(C)N(C)c1cccc(O)c1. The van der Waals surface area contributed by atoms with Gasteiger partial charge in [0.05, 0.1) is 0 Å². The van der Waals surface area contributed by atoms with Crippen LogP contribution in [0.3, 0.4) is 0 Å². The van der Waals surface area contributed by atoms with Gasteiger partial charge in [0.2, 0.25) is 0 Å². The average molecular weight is 165 g/mol. The molecule has 0 aliphatic carbocycles. The number of hydrogen-bond donors (Lipinski definition) is 1. The Bertz CT molecular complexity index is 258. The monoisotopic (exact) mass is 165 g/mol. The number of benzene rings is 1. The molecule has 0 bridgehead atoms. The van der Waals surface area contributed by atoms with E-state index in [1.165, 1.54) is 0 Å². The third-order valence-corrected chi connectivity index (χ3v) is 2.01. The highest BCUT2D eigenvalue weighted by Crippen LogP contribution is 2.19. The maximum atomic E-state index is 9.22. The molecule has 2 heteroatoms. The van der Waals surface area contributed by atoms with Gasteiger partial charge in [-0.05, 0) is 26.0 Å². The average Bonchev–Trinajstić information content (AvgIpc) is 2.03. The minimum Gasteiger partial charge on any atom is -0.508 e. The van der Waals surface area contributed by atoms with Crippen molar-refractivity contribution in [2.45, 2.75) is 19.9 Å². The molecule has 0 saturated heterocycles. The first-order valence-corrected chi connectivity index (χ1v) is 4.13. The Morgan fingerprint density at radius 1 is 1.33 bits per heavy atom. The quantitative estimate of drug-likeness (QED) is 0.726. The number of rotatable bonds is 2. The molecule has 1 rings (SSSR count). The van der Waals surface area contributed by atoms with Gasteiger partial charge in [0.25, 0.3) is 0 Å². The number of phenols is 1. The third-order valence-electron chi connectivity index (χ3n) is 2.01. The summed E-state index contributed by atoms with van der Waals surface area (Å²) in [5.41, 5.74) is 1.05. The molecule has 0 spiro atoms. The van der Waals surface area contributed by atoms with Gasteiger partial charge in [-0.2, -0.15) is 0 Å². The van der Waals surface area contributed by atoms with Gasteiger partial charge >= 0.3 is 0 Å². The summed E-state index contributed by atoms with van der Waals surface area (Å²) in [5, 5.41) is 9.22. The van der Waals surface area contributed by atoms with Crippen molar-refractivity contribution in [2.24, 2.45) is 0 Å². The van der Waals surface area contributed by atoms with Crippen LogP contribution in [-0.2, 0) is 0 Å². The first-order chi connectivity index (χ1) is 5.61. The van der Waals surface area contributed by atoms with Crippen LogP contribution < -0.4 is 4.90 Å². The van der Waals surface area contributed by atoms with Gasteiger partial charge in [-0.3, -0.25) is 0 Å². The molecule has 0 aliphatic rings. The molecule has 0 unspecified atom stereocenters. The fourth-order valence-corrected chi connectivity index (χ4v) is 1.01. The van der Waals surface area contributed by atoms with Gasteiger partial charge < -0.3 is 10.0 Å². The largest absolute Gasteiger partial charge is 0.508 e. The summed E-state index contributed by atoms with van der Waals surface area (Å²) in [4.78, 5) is 2.11. The molecule has 0 aliphatic heterocycles. The highest BCUT2D eigenvalue weighted by atomic mass is 16.3. The van der Waals surface area contributed by atoms with E-state index in [0.29, 0.717) is 11.8 Å². The van der Waals surface area contributed by atoms with E-state index in [1.54, 1.807) is 12.1 Å². The number of nitrogens with zero attached hydrogens (tertiary/aromatic N) is 1. The first-order valence-electron chi connectivity index (χ1n) is 4.13. The van der Waals surface area contributed by atoms with Gasteiger partial charge in [0.1, 0.15) is 5.75 Å². The summed E-state index contributed by atoms with van der Waals surface area (Å²) in [7, 11) is 2.01. The molecule has 0 heterocycles.